The van der Waals surface area contributed by atoms with Crippen molar-refractivity contribution in [2.75, 3.05) is 5.32 Å². The molecule has 0 radical (unpaired) electrons. The first-order chi connectivity index (χ1) is 8.06. The van der Waals surface area contributed by atoms with Gasteiger partial charge in [-0.15, -0.1) is 0 Å². The lowest BCUT2D eigenvalue weighted by Crippen LogP contribution is -2.11. The minimum Gasteiger partial charge on any atom is -0.321 e. The zero-order chi connectivity index (χ0) is 12.4. The van der Waals surface area contributed by atoms with Gasteiger partial charge in [-0.3, -0.25) is 9.48 Å². The molecule has 0 bridgehead atoms. The van der Waals surface area contributed by atoms with Crippen LogP contribution in [0.4, 0.5) is 10.1 Å². The molecule has 0 aliphatic heterocycles. The highest BCUT2D eigenvalue weighted by Crippen LogP contribution is 2.23. The normalized spacial score (nSPS) is 10.3. The van der Waals surface area contributed by atoms with Crippen LogP contribution in [0.15, 0.2) is 35.1 Å². The van der Waals surface area contributed by atoms with E-state index in [1.165, 1.54) is 29.1 Å². The van der Waals surface area contributed by atoms with Crippen molar-refractivity contribution in [3.63, 3.8) is 0 Å². The quantitative estimate of drug-likeness (QED) is 0.926. The molecule has 6 heteroatoms. The molecule has 0 saturated heterocycles. The lowest BCUT2D eigenvalue weighted by molar-refractivity contribution is 0.102. The predicted octanol–water partition coefficient (Wildman–Crippen LogP) is 2.57. The van der Waals surface area contributed by atoms with E-state index in [0.29, 0.717) is 15.7 Å². The maximum Gasteiger partial charge on any atom is 0.258 e. The van der Waals surface area contributed by atoms with Gasteiger partial charge in [-0.05, 0) is 34.1 Å². The third-order valence-corrected chi connectivity index (χ3v) is 2.84. The van der Waals surface area contributed by atoms with Crippen molar-refractivity contribution < 1.29 is 9.18 Å². The monoisotopic (exact) mass is 297 g/mol. The van der Waals surface area contributed by atoms with Crippen LogP contribution < -0.4 is 5.32 Å². The van der Waals surface area contributed by atoms with Crippen molar-refractivity contribution >= 4 is 27.5 Å². The van der Waals surface area contributed by atoms with Crippen molar-refractivity contribution in [3.8, 4) is 0 Å². The summed E-state index contributed by atoms with van der Waals surface area (Å²) in [5.74, 6) is -0.737. The molecule has 0 fully saturated rings. The molecule has 0 spiro atoms. The minimum atomic E-state index is -0.408. The number of benzene rings is 1. The summed E-state index contributed by atoms with van der Waals surface area (Å²) in [4.78, 5) is 11.8. The first-order valence-electron chi connectivity index (χ1n) is 4.81. The van der Waals surface area contributed by atoms with Gasteiger partial charge in [0.1, 0.15) is 5.82 Å². The number of hydrogen-bond donors (Lipinski definition) is 1. The molecule has 0 atom stereocenters. The van der Waals surface area contributed by atoms with E-state index >= 15 is 0 Å². The smallest absolute Gasteiger partial charge is 0.258 e. The van der Waals surface area contributed by atoms with Crippen LogP contribution in [0.2, 0.25) is 0 Å². The lowest BCUT2D eigenvalue weighted by atomic mass is 10.3. The van der Waals surface area contributed by atoms with E-state index in [0.717, 1.165) is 0 Å². The molecule has 2 rings (SSSR count). The van der Waals surface area contributed by atoms with Gasteiger partial charge in [0, 0.05) is 17.7 Å². The largest absolute Gasteiger partial charge is 0.321 e. The van der Waals surface area contributed by atoms with Gasteiger partial charge in [-0.25, -0.2) is 4.39 Å². The number of carbonyl (C=O) groups excluding carboxylic acids is 1. The average molecular weight is 298 g/mol. The summed E-state index contributed by atoms with van der Waals surface area (Å²) in [6.07, 6.45) is 3.03. The van der Waals surface area contributed by atoms with Gasteiger partial charge in [-0.1, -0.05) is 0 Å². The van der Waals surface area contributed by atoms with Crippen molar-refractivity contribution in [1.82, 2.24) is 9.78 Å². The van der Waals surface area contributed by atoms with Crippen molar-refractivity contribution in [2.45, 2.75) is 0 Å². The van der Waals surface area contributed by atoms with Gasteiger partial charge in [0.2, 0.25) is 0 Å². The Hall–Kier alpha value is -1.69. The molecule has 1 aromatic carbocycles. The molecule has 2 aromatic rings. The number of aromatic nitrogens is 2. The number of rotatable bonds is 2. The van der Waals surface area contributed by atoms with Gasteiger partial charge in [-0.2, -0.15) is 5.10 Å². The van der Waals surface area contributed by atoms with Crippen LogP contribution in [0.5, 0.6) is 0 Å². The van der Waals surface area contributed by atoms with E-state index in [4.69, 9.17) is 0 Å². The summed E-state index contributed by atoms with van der Waals surface area (Å²) < 4.78 is 15.2. The molecule has 4 nitrogen and oxygen atoms in total. The molecular formula is C11H9BrFN3O. The predicted molar refractivity (Wildman–Crippen MR) is 65.3 cm³/mol. The van der Waals surface area contributed by atoms with Crippen LogP contribution in [0.1, 0.15) is 10.4 Å². The number of halogens is 2. The second kappa shape index (κ2) is 4.67. The second-order valence-corrected chi connectivity index (χ2v) is 4.34. The van der Waals surface area contributed by atoms with Crippen LogP contribution in [-0.4, -0.2) is 15.7 Å². The van der Waals surface area contributed by atoms with Crippen LogP contribution in [0, 0.1) is 5.82 Å². The number of anilines is 1. The van der Waals surface area contributed by atoms with Gasteiger partial charge in [0.25, 0.3) is 5.91 Å². The van der Waals surface area contributed by atoms with Crippen LogP contribution in [0.3, 0.4) is 0 Å². The molecule has 0 aliphatic rings. The maximum absolute atomic E-state index is 13.0. The molecule has 1 aromatic heterocycles. The summed E-state index contributed by atoms with van der Waals surface area (Å²) in [5, 5.41) is 6.49. The van der Waals surface area contributed by atoms with Gasteiger partial charge in [0.15, 0.2) is 0 Å². The number of hydrogen-bond acceptors (Lipinski definition) is 2. The Labute approximate surface area is 106 Å². The van der Waals surface area contributed by atoms with Crippen molar-refractivity contribution in [1.29, 1.82) is 0 Å². The molecule has 0 aliphatic carbocycles. The second-order valence-electron chi connectivity index (χ2n) is 3.48. The molecule has 17 heavy (non-hydrogen) atoms. The summed E-state index contributed by atoms with van der Waals surface area (Å²) in [6, 6.07) is 4.09. The van der Waals surface area contributed by atoms with Crippen LogP contribution >= 0.6 is 15.9 Å². The maximum atomic E-state index is 13.0. The van der Waals surface area contributed by atoms with E-state index in [1.807, 2.05) is 0 Å². The Morgan fingerprint density at radius 3 is 2.94 bits per heavy atom. The standard InChI is InChI=1S/C11H9BrFN3O/c1-16-6-7(5-14-16)11(17)15-10-4-8(13)2-3-9(10)12/h2-6H,1H3,(H,15,17). The van der Waals surface area contributed by atoms with E-state index in [-0.39, 0.29) is 5.91 Å². The fourth-order valence-electron chi connectivity index (χ4n) is 1.33. The summed E-state index contributed by atoms with van der Waals surface area (Å²) in [5.41, 5.74) is 0.808. The highest BCUT2D eigenvalue weighted by Gasteiger charge is 2.10. The van der Waals surface area contributed by atoms with E-state index < -0.39 is 5.82 Å². The van der Waals surface area contributed by atoms with E-state index in [9.17, 15) is 9.18 Å². The Balaban J connectivity index is 2.21. The number of nitrogens with zero attached hydrogens (tertiary/aromatic N) is 2. The molecular weight excluding hydrogens is 289 g/mol. The zero-order valence-electron chi connectivity index (χ0n) is 8.95. The highest BCUT2D eigenvalue weighted by atomic mass is 79.9. The molecule has 1 amide bonds. The highest BCUT2D eigenvalue weighted by molar-refractivity contribution is 9.10. The SMILES string of the molecule is Cn1cc(C(=O)Nc2cc(F)ccc2Br)cn1. The number of nitrogens with one attached hydrogen (secondary N) is 1. The Kier molecular flexibility index (Phi) is 3.23. The van der Waals surface area contributed by atoms with E-state index in [1.54, 1.807) is 13.2 Å². The fraction of sp³-hybridized carbons (Fsp3) is 0.0909. The molecule has 1 heterocycles. The average Bonchev–Trinajstić information content (AvgIpc) is 2.70. The summed E-state index contributed by atoms with van der Waals surface area (Å²) in [7, 11) is 1.72. The van der Waals surface area contributed by atoms with Gasteiger partial charge in [0.05, 0.1) is 17.4 Å². The van der Waals surface area contributed by atoms with Crippen molar-refractivity contribution in [2.24, 2.45) is 7.05 Å². The first-order valence-corrected chi connectivity index (χ1v) is 5.60. The zero-order valence-corrected chi connectivity index (χ0v) is 10.5. The molecule has 1 N–H and O–H groups in total. The first kappa shape index (κ1) is 11.8. The van der Waals surface area contributed by atoms with Crippen molar-refractivity contribution in [3.05, 3.63) is 46.4 Å². The third kappa shape index (κ3) is 2.71. The lowest BCUT2D eigenvalue weighted by Gasteiger charge is -2.05. The van der Waals surface area contributed by atoms with Crippen LogP contribution in [0.25, 0.3) is 0 Å². The fourth-order valence-corrected chi connectivity index (χ4v) is 1.67. The van der Waals surface area contributed by atoms with Gasteiger partial charge >= 0.3 is 0 Å². The number of carbonyl (C=O) groups is 1. The third-order valence-electron chi connectivity index (χ3n) is 2.14. The summed E-state index contributed by atoms with van der Waals surface area (Å²) in [6.45, 7) is 0. The van der Waals surface area contributed by atoms with Gasteiger partial charge < -0.3 is 5.32 Å². The summed E-state index contributed by atoms with van der Waals surface area (Å²) >= 11 is 3.23. The topological polar surface area (TPSA) is 46.9 Å². The Morgan fingerprint density at radius 1 is 1.53 bits per heavy atom. The minimum absolute atomic E-state index is 0.329. The molecule has 0 unspecified atom stereocenters. The molecule has 88 valence electrons. The van der Waals surface area contributed by atoms with Crippen LogP contribution in [-0.2, 0) is 7.05 Å². The van der Waals surface area contributed by atoms with E-state index in [2.05, 4.69) is 26.3 Å². The Bertz CT molecular complexity index is 568. The number of amides is 1. The number of aryl methyl sites for hydroxylation is 1. The Morgan fingerprint density at radius 2 is 2.29 bits per heavy atom. The molecule has 0 saturated carbocycles.